The van der Waals surface area contributed by atoms with Crippen LogP contribution in [0.4, 0.5) is 5.69 Å². The van der Waals surface area contributed by atoms with Crippen molar-refractivity contribution in [3.05, 3.63) is 42.7 Å². The first-order valence-corrected chi connectivity index (χ1v) is 8.52. The highest BCUT2D eigenvalue weighted by Crippen LogP contribution is 2.28. The summed E-state index contributed by atoms with van der Waals surface area (Å²) in [4.78, 5) is 12.5. The molecular formula is C17H18N4O3S. The molecule has 0 aliphatic heterocycles. The molecule has 2 aromatic heterocycles. The summed E-state index contributed by atoms with van der Waals surface area (Å²) in [5.74, 6) is 1.72. The molecule has 0 saturated carbocycles. The van der Waals surface area contributed by atoms with E-state index in [0.717, 1.165) is 0 Å². The highest BCUT2D eigenvalue weighted by molar-refractivity contribution is 8.00. The van der Waals surface area contributed by atoms with Crippen molar-refractivity contribution >= 4 is 23.4 Å². The van der Waals surface area contributed by atoms with Gasteiger partial charge in [-0.2, -0.15) is 0 Å². The number of methoxy groups -OCH3 is 1. The van der Waals surface area contributed by atoms with Crippen LogP contribution in [-0.4, -0.2) is 33.0 Å². The molecular weight excluding hydrogens is 340 g/mol. The van der Waals surface area contributed by atoms with E-state index < -0.39 is 0 Å². The van der Waals surface area contributed by atoms with Crippen LogP contribution in [0.15, 0.2) is 52.2 Å². The SMILES string of the molecule is COc1ccccc1NC(=O)[C@H](C)Sc1nnc(-c2ccco2)n1C. The Labute approximate surface area is 149 Å². The summed E-state index contributed by atoms with van der Waals surface area (Å²) in [7, 11) is 3.41. The van der Waals surface area contributed by atoms with Gasteiger partial charge in [-0.15, -0.1) is 10.2 Å². The number of amides is 1. The Bertz CT molecular complexity index is 861. The lowest BCUT2D eigenvalue weighted by molar-refractivity contribution is -0.115. The van der Waals surface area contributed by atoms with Crippen molar-refractivity contribution < 1.29 is 13.9 Å². The molecule has 3 aromatic rings. The summed E-state index contributed by atoms with van der Waals surface area (Å²) < 4.78 is 12.4. The van der Waals surface area contributed by atoms with E-state index in [0.29, 0.717) is 28.2 Å². The zero-order valence-electron chi connectivity index (χ0n) is 14.1. The zero-order chi connectivity index (χ0) is 17.8. The minimum Gasteiger partial charge on any atom is -0.495 e. The van der Waals surface area contributed by atoms with E-state index in [1.54, 1.807) is 36.1 Å². The number of furan rings is 1. The minimum atomic E-state index is -0.364. The number of aromatic nitrogens is 3. The fraction of sp³-hybridized carbons (Fsp3) is 0.235. The Morgan fingerprint density at radius 2 is 2.08 bits per heavy atom. The molecule has 8 heteroatoms. The first-order valence-electron chi connectivity index (χ1n) is 7.64. The van der Waals surface area contributed by atoms with Crippen LogP contribution in [0.3, 0.4) is 0 Å². The summed E-state index contributed by atoms with van der Waals surface area (Å²) >= 11 is 1.32. The number of hydrogen-bond acceptors (Lipinski definition) is 6. The van der Waals surface area contributed by atoms with Gasteiger partial charge in [0.05, 0.1) is 24.3 Å². The van der Waals surface area contributed by atoms with Gasteiger partial charge in [-0.25, -0.2) is 0 Å². The predicted octanol–water partition coefficient (Wildman–Crippen LogP) is 3.20. The summed E-state index contributed by atoms with van der Waals surface area (Å²) in [5.41, 5.74) is 0.636. The van der Waals surface area contributed by atoms with E-state index in [4.69, 9.17) is 9.15 Å². The minimum absolute atomic E-state index is 0.142. The number of carbonyl (C=O) groups excluding carboxylic acids is 1. The standard InChI is InChI=1S/C17H18N4O3S/c1-11(16(22)18-12-7-4-5-8-13(12)23-3)25-17-20-19-15(21(17)2)14-9-6-10-24-14/h4-11H,1-3H3,(H,18,22)/t11-/m0/s1. The Balaban J connectivity index is 1.70. The van der Waals surface area contributed by atoms with Crippen molar-refractivity contribution in [3.63, 3.8) is 0 Å². The lowest BCUT2D eigenvalue weighted by Gasteiger charge is -2.13. The summed E-state index contributed by atoms with van der Waals surface area (Å²) in [6, 6.07) is 10.9. The lowest BCUT2D eigenvalue weighted by atomic mass is 10.3. The second-order valence-corrected chi connectivity index (χ2v) is 6.60. The van der Waals surface area contributed by atoms with E-state index in [9.17, 15) is 4.79 Å². The molecule has 0 aliphatic carbocycles. The van der Waals surface area contributed by atoms with Crippen LogP contribution in [0, 0.1) is 0 Å². The Kier molecular flexibility index (Phi) is 5.08. The highest BCUT2D eigenvalue weighted by Gasteiger charge is 2.21. The van der Waals surface area contributed by atoms with Crippen LogP contribution in [-0.2, 0) is 11.8 Å². The molecule has 1 aromatic carbocycles. The second-order valence-electron chi connectivity index (χ2n) is 5.29. The number of thioether (sulfide) groups is 1. The maximum atomic E-state index is 12.5. The normalized spacial score (nSPS) is 12.0. The van der Waals surface area contributed by atoms with E-state index in [1.165, 1.54) is 11.8 Å². The maximum absolute atomic E-state index is 12.5. The first kappa shape index (κ1) is 17.1. The van der Waals surface area contributed by atoms with Crippen molar-refractivity contribution in [1.82, 2.24) is 14.8 Å². The molecule has 0 saturated heterocycles. The molecule has 0 aliphatic rings. The van der Waals surface area contributed by atoms with Crippen LogP contribution in [0.25, 0.3) is 11.6 Å². The van der Waals surface area contributed by atoms with Gasteiger partial charge in [-0.3, -0.25) is 4.79 Å². The largest absolute Gasteiger partial charge is 0.495 e. The van der Waals surface area contributed by atoms with Gasteiger partial charge in [-0.05, 0) is 31.2 Å². The van der Waals surface area contributed by atoms with Crippen LogP contribution < -0.4 is 10.1 Å². The zero-order valence-corrected chi connectivity index (χ0v) is 14.9. The van der Waals surface area contributed by atoms with Crippen LogP contribution in [0.1, 0.15) is 6.92 Å². The van der Waals surface area contributed by atoms with E-state index in [1.807, 2.05) is 32.2 Å². The lowest BCUT2D eigenvalue weighted by Crippen LogP contribution is -2.23. The number of rotatable bonds is 6. The van der Waals surface area contributed by atoms with Crippen molar-refractivity contribution in [1.29, 1.82) is 0 Å². The number of ether oxygens (including phenoxy) is 1. The monoisotopic (exact) mass is 358 g/mol. The van der Waals surface area contributed by atoms with Crippen molar-refractivity contribution in [2.24, 2.45) is 7.05 Å². The topological polar surface area (TPSA) is 82.2 Å². The van der Waals surface area contributed by atoms with Gasteiger partial charge in [0.1, 0.15) is 5.75 Å². The molecule has 0 unspecified atom stereocenters. The van der Waals surface area contributed by atoms with Gasteiger partial charge in [0.25, 0.3) is 0 Å². The van der Waals surface area contributed by atoms with Crippen molar-refractivity contribution in [2.45, 2.75) is 17.3 Å². The molecule has 0 fully saturated rings. The molecule has 130 valence electrons. The van der Waals surface area contributed by atoms with Gasteiger partial charge >= 0.3 is 0 Å². The van der Waals surface area contributed by atoms with Crippen molar-refractivity contribution in [2.75, 3.05) is 12.4 Å². The third kappa shape index (κ3) is 3.69. The van der Waals surface area contributed by atoms with E-state index in [-0.39, 0.29) is 11.2 Å². The smallest absolute Gasteiger partial charge is 0.237 e. The summed E-state index contributed by atoms with van der Waals surface area (Å²) in [5, 5.41) is 11.4. The quantitative estimate of drug-likeness (QED) is 0.682. The first-order chi connectivity index (χ1) is 12.1. The molecule has 7 nitrogen and oxygen atoms in total. The number of hydrogen-bond donors (Lipinski definition) is 1. The van der Waals surface area contributed by atoms with Gasteiger partial charge in [0.15, 0.2) is 16.7 Å². The van der Waals surface area contributed by atoms with Crippen molar-refractivity contribution in [3.8, 4) is 17.3 Å². The van der Waals surface area contributed by atoms with Crippen LogP contribution >= 0.6 is 11.8 Å². The molecule has 0 radical (unpaired) electrons. The predicted molar refractivity (Wildman–Crippen MR) is 95.6 cm³/mol. The third-order valence-corrected chi connectivity index (χ3v) is 4.73. The number of benzene rings is 1. The number of para-hydroxylation sites is 2. The molecule has 1 amide bonds. The fourth-order valence-corrected chi connectivity index (χ4v) is 3.05. The van der Waals surface area contributed by atoms with Gasteiger partial charge < -0.3 is 19.0 Å². The van der Waals surface area contributed by atoms with Crippen LogP contribution in [0.2, 0.25) is 0 Å². The number of nitrogens with one attached hydrogen (secondary N) is 1. The Morgan fingerprint density at radius 1 is 1.28 bits per heavy atom. The van der Waals surface area contributed by atoms with E-state index in [2.05, 4.69) is 15.5 Å². The third-order valence-electron chi connectivity index (χ3n) is 3.59. The molecule has 0 spiro atoms. The summed E-state index contributed by atoms with van der Waals surface area (Å²) in [6.07, 6.45) is 1.58. The molecule has 0 bridgehead atoms. The average Bonchev–Trinajstić information content (AvgIpc) is 3.26. The summed E-state index contributed by atoms with van der Waals surface area (Å²) in [6.45, 7) is 1.82. The second kappa shape index (κ2) is 7.43. The van der Waals surface area contributed by atoms with Gasteiger partial charge in [0, 0.05) is 7.05 Å². The van der Waals surface area contributed by atoms with Crippen LogP contribution in [0.5, 0.6) is 5.75 Å². The van der Waals surface area contributed by atoms with E-state index >= 15 is 0 Å². The fourth-order valence-electron chi connectivity index (χ4n) is 2.23. The molecule has 2 heterocycles. The highest BCUT2D eigenvalue weighted by atomic mass is 32.2. The number of carbonyl (C=O) groups is 1. The molecule has 1 atom stereocenters. The van der Waals surface area contributed by atoms with Gasteiger partial charge in [0.2, 0.25) is 5.91 Å². The number of anilines is 1. The average molecular weight is 358 g/mol. The molecule has 3 rings (SSSR count). The van der Waals surface area contributed by atoms with Gasteiger partial charge in [-0.1, -0.05) is 23.9 Å². The Hall–Kier alpha value is -2.74. The molecule has 1 N–H and O–H groups in total. The number of nitrogens with zero attached hydrogens (tertiary/aromatic N) is 3. The maximum Gasteiger partial charge on any atom is 0.237 e. The Morgan fingerprint density at radius 3 is 2.80 bits per heavy atom. The molecule has 25 heavy (non-hydrogen) atoms.